The van der Waals surface area contributed by atoms with E-state index in [1.54, 1.807) is 7.11 Å². The van der Waals surface area contributed by atoms with Crippen LogP contribution in [0.15, 0.2) is 18.2 Å². The Bertz CT molecular complexity index is 519. The summed E-state index contributed by atoms with van der Waals surface area (Å²) in [5.74, 6) is 0.273. The fraction of sp³-hybridized carbons (Fsp3) is 0.333. The molecular weight excluding hydrogens is 207 g/mol. The summed E-state index contributed by atoms with van der Waals surface area (Å²) in [4.78, 5) is 0. The Morgan fingerprint density at radius 1 is 1.38 bits per heavy atom. The van der Waals surface area contributed by atoms with Crippen molar-refractivity contribution >= 4 is 10.9 Å². The lowest BCUT2D eigenvalue weighted by molar-refractivity contribution is 0.416. The molecule has 1 heterocycles. The van der Waals surface area contributed by atoms with Crippen molar-refractivity contribution in [3.8, 4) is 5.75 Å². The second-order valence-electron chi connectivity index (χ2n) is 3.77. The van der Waals surface area contributed by atoms with Crippen molar-refractivity contribution in [1.29, 1.82) is 0 Å². The van der Waals surface area contributed by atoms with E-state index in [4.69, 9.17) is 10.5 Å². The van der Waals surface area contributed by atoms with Crippen molar-refractivity contribution in [2.75, 3.05) is 13.7 Å². The number of nitrogens with zero attached hydrogens (tertiary/aromatic N) is 1. The zero-order chi connectivity index (χ0) is 11.7. The number of rotatable bonds is 3. The van der Waals surface area contributed by atoms with Crippen LogP contribution in [0.4, 0.5) is 4.39 Å². The highest BCUT2D eigenvalue weighted by Crippen LogP contribution is 2.29. The van der Waals surface area contributed by atoms with Crippen LogP contribution >= 0.6 is 0 Å². The normalized spacial score (nSPS) is 11.0. The highest BCUT2D eigenvalue weighted by Gasteiger charge is 2.11. The smallest absolute Gasteiger partial charge is 0.131 e. The molecule has 2 N–H and O–H groups in total. The number of halogens is 1. The zero-order valence-electron chi connectivity index (χ0n) is 9.46. The number of aryl methyl sites for hydroxylation is 1. The first-order valence-electron chi connectivity index (χ1n) is 5.21. The predicted octanol–water partition coefficient (Wildman–Crippen LogP) is 2.06. The standard InChI is InChI=1S/C12H15FN2O/c1-8-5-10-11(15(8)4-3-14)6-9(13)7-12(10)16-2/h5-7H,3-4,14H2,1-2H3. The summed E-state index contributed by atoms with van der Waals surface area (Å²) >= 11 is 0. The molecule has 1 aromatic heterocycles. The third-order valence-corrected chi connectivity index (χ3v) is 2.73. The number of methoxy groups -OCH3 is 1. The van der Waals surface area contributed by atoms with Gasteiger partial charge in [0.15, 0.2) is 0 Å². The van der Waals surface area contributed by atoms with Crippen molar-refractivity contribution in [3.63, 3.8) is 0 Å². The van der Waals surface area contributed by atoms with Gasteiger partial charge in [-0.15, -0.1) is 0 Å². The van der Waals surface area contributed by atoms with E-state index in [0.29, 0.717) is 18.8 Å². The van der Waals surface area contributed by atoms with Gasteiger partial charge in [-0.25, -0.2) is 4.39 Å². The fourth-order valence-electron chi connectivity index (χ4n) is 2.02. The molecule has 0 fully saturated rings. The van der Waals surface area contributed by atoms with Gasteiger partial charge in [-0.2, -0.15) is 0 Å². The van der Waals surface area contributed by atoms with E-state index in [1.165, 1.54) is 12.1 Å². The van der Waals surface area contributed by atoms with Gasteiger partial charge in [-0.05, 0) is 19.1 Å². The summed E-state index contributed by atoms with van der Waals surface area (Å²) in [5.41, 5.74) is 7.44. The lowest BCUT2D eigenvalue weighted by Gasteiger charge is -2.07. The first kappa shape index (κ1) is 11.0. The number of hydrogen-bond acceptors (Lipinski definition) is 2. The Hall–Kier alpha value is -1.55. The van der Waals surface area contributed by atoms with Gasteiger partial charge in [0.25, 0.3) is 0 Å². The maximum Gasteiger partial charge on any atom is 0.131 e. The van der Waals surface area contributed by atoms with Crippen LogP contribution in [0.3, 0.4) is 0 Å². The number of nitrogens with two attached hydrogens (primary N) is 1. The second-order valence-corrected chi connectivity index (χ2v) is 3.77. The topological polar surface area (TPSA) is 40.2 Å². The van der Waals surface area contributed by atoms with Crippen LogP contribution in [0.5, 0.6) is 5.75 Å². The molecule has 1 aromatic carbocycles. The van der Waals surface area contributed by atoms with Gasteiger partial charge in [0, 0.05) is 30.2 Å². The summed E-state index contributed by atoms with van der Waals surface area (Å²) in [6.07, 6.45) is 0. The molecule has 2 aromatic rings. The van der Waals surface area contributed by atoms with Gasteiger partial charge in [-0.1, -0.05) is 0 Å². The first-order valence-corrected chi connectivity index (χ1v) is 5.21. The minimum atomic E-state index is -0.291. The summed E-state index contributed by atoms with van der Waals surface area (Å²) in [6.45, 7) is 3.19. The Morgan fingerprint density at radius 2 is 2.12 bits per heavy atom. The Labute approximate surface area is 93.6 Å². The molecule has 0 radical (unpaired) electrons. The minimum absolute atomic E-state index is 0.291. The van der Waals surface area contributed by atoms with Gasteiger partial charge in [0.2, 0.25) is 0 Å². The third-order valence-electron chi connectivity index (χ3n) is 2.73. The molecule has 0 aliphatic rings. The molecule has 0 amide bonds. The molecule has 2 rings (SSSR count). The molecular formula is C12H15FN2O. The lowest BCUT2D eigenvalue weighted by Crippen LogP contribution is -2.10. The highest BCUT2D eigenvalue weighted by molar-refractivity contribution is 5.87. The van der Waals surface area contributed by atoms with E-state index < -0.39 is 0 Å². The van der Waals surface area contributed by atoms with E-state index in [2.05, 4.69) is 0 Å². The first-order chi connectivity index (χ1) is 7.67. The molecule has 16 heavy (non-hydrogen) atoms. The van der Waals surface area contributed by atoms with Gasteiger partial charge in [-0.3, -0.25) is 0 Å². The Kier molecular flexibility index (Phi) is 2.83. The minimum Gasteiger partial charge on any atom is -0.496 e. The zero-order valence-corrected chi connectivity index (χ0v) is 9.46. The summed E-state index contributed by atoms with van der Waals surface area (Å²) in [7, 11) is 1.55. The summed E-state index contributed by atoms with van der Waals surface area (Å²) in [6, 6.07) is 4.90. The Balaban J connectivity index is 2.73. The average molecular weight is 222 g/mol. The molecule has 0 saturated carbocycles. The van der Waals surface area contributed by atoms with Crippen LogP contribution in [-0.2, 0) is 6.54 Å². The number of hydrogen-bond donors (Lipinski definition) is 1. The van der Waals surface area contributed by atoms with Crippen molar-refractivity contribution in [2.24, 2.45) is 5.73 Å². The highest BCUT2D eigenvalue weighted by atomic mass is 19.1. The molecule has 86 valence electrons. The second kappa shape index (κ2) is 4.14. The van der Waals surface area contributed by atoms with Crippen LogP contribution in [-0.4, -0.2) is 18.2 Å². The molecule has 0 aliphatic heterocycles. The number of ether oxygens (including phenoxy) is 1. The fourth-order valence-corrected chi connectivity index (χ4v) is 2.02. The SMILES string of the molecule is COc1cc(F)cc2c1cc(C)n2CCN. The van der Waals surface area contributed by atoms with Crippen molar-refractivity contribution in [2.45, 2.75) is 13.5 Å². The van der Waals surface area contributed by atoms with Crippen molar-refractivity contribution in [1.82, 2.24) is 4.57 Å². The van der Waals surface area contributed by atoms with Crippen LogP contribution in [0.1, 0.15) is 5.69 Å². The maximum atomic E-state index is 13.4. The molecule has 0 atom stereocenters. The molecule has 0 unspecified atom stereocenters. The number of benzene rings is 1. The van der Waals surface area contributed by atoms with E-state index in [0.717, 1.165) is 16.6 Å². The molecule has 0 bridgehead atoms. The number of aromatic nitrogens is 1. The van der Waals surface area contributed by atoms with E-state index in [1.807, 2.05) is 17.6 Å². The maximum absolute atomic E-state index is 13.4. The van der Waals surface area contributed by atoms with E-state index in [-0.39, 0.29) is 5.82 Å². The van der Waals surface area contributed by atoms with E-state index in [9.17, 15) is 4.39 Å². The number of fused-ring (bicyclic) bond motifs is 1. The van der Waals surface area contributed by atoms with Crippen molar-refractivity contribution < 1.29 is 9.13 Å². The van der Waals surface area contributed by atoms with Crippen LogP contribution < -0.4 is 10.5 Å². The third kappa shape index (κ3) is 1.65. The molecule has 0 aliphatic carbocycles. The molecule has 3 nitrogen and oxygen atoms in total. The predicted molar refractivity (Wildman–Crippen MR) is 62.2 cm³/mol. The summed E-state index contributed by atoms with van der Waals surface area (Å²) < 4.78 is 20.6. The van der Waals surface area contributed by atoms with Gasteiger partial charge < -0.3 is 15.0 Å². The van der Waals surface area contributed by atoms with Crippen LogP contribution in [0.2, 0.25) is 0 Å². The van der Waals surface area contributed by atoms with Gasteiger partial charge in [0.1, 0.15) is 11.6 Å². The molecule has 4 heteroatoms. The summed E-state index contributed by atoms with van der Waals surface area (Å²) in [5, 5.41) is 0.926. The van der Waals surface area contributed by atoms with Crippen LogP contribution in [0.25, 0.3) is 10.9 Å². The van der Waals surface area contributed by atoms with Gasteiger partial charge >= 0.3 is 0 Å². The van der Waals surface area contributed by atoms with Gasteiger partial charge in [0.05, 0.1) is 12.6 Å². The van der Waals surface area contributed by atoms with Crippen LogP contribution in [0, 0.1) is 12.7 Å². The molecule has 0 saturated heterocycles. The monoisotopic (exact) mass is 222 g/mol. The average Bonchev–Trinajstić information content (AvgIpc) is 2.56. The van der Waals surface area contributed by atoms with E-state index >= 15 is 0 Å². The molecule has 0 spiro atoms. The Morgan fingerprint density at radius 3 is 2.75 bits per heavy atom. The largest absolute Gasteiger partial charge is 0.496 e. The quantitative estimate of drug-likeness (QED) is 0.863. The van der Waals surface area contributed by atoms with Crippen molar-refractivity contribution in [3.05, 3.63) is 29.7 Å². The lowest BCUT2D eigenvalue weighted by atomic mass is 10.2.